The molecule has 2 nitrogen and oxygen atoms in total. The van der Waals surface area contributed by atoms with Crippen LogP contribution < -0.4 is 0 Å². The average molecular weight is 370 g/mol. The SMILES string of the molecule is CCCCc1nc(CS(=O)C(c2ccccc2)c2ccccc2)cs1. The van der Waals surface area contributed by atoms with Gasteiger partial charge in [0.1, 0.15) is 0 Å². The predicted molar refractivity (Wildman–Crippen MR) is 107 cm³/mol. The summed E-state index contributed by atoms with van der Waals surface area (Å²) in [5.41, 5.74) is 3.13. The van der Waals surface area contributed by atoms with Crippen molar-refractivity contribution in [3.8, 4) is 0 Å². The first-order chi connectivity index (χ1) is 12.3. The Hall–Kier alpha value is -1.78. The first-order valence-electron chi connectivity index (χ1n) is 8.68. The molecule has 3 aromatic rings. The standard InChI is InChI=1S/C21H23NOS2/c1-2-3-14-20-22-19(15-24-20)16-25(23)21(17-10-6-4-7-11-17)18-12-8-5-9-13-18/h4-13,15,21H,2-3,14,16H2,1H3. The zero-order chi connectivity index (χ0) is 17.5. The summed E-state index contributed by atoms with van der Waals surface area (Å²) in [6.45, 7) is 2.19. The van der Waals surface area contributed by atoms with Crippen molar-refractivity contribution in [3.05, 3.63) is 87.9 Å². The maximum atomic E-state index is 13.2. The Bertz CT molecular complexity index is 760. The molecule has 0 N–H and O–H groups in total. The van der Waals surface area contributed by atoms with Gasteiger partial charge in [0.15, 0.2) is 0 Å². The van der Waals surface area contributed by atoms with Crippen LogP contribution in [0.3, 0.4) is 0 Å². The molecule has 0 fully saturated rings. The van der Waals surface area contributed by atoms with E-state index in [0.717, 1.165) is 34.7 Å². The van der Waals surface area contributed by atoms with Gasteiger partial charge in [-0.3, -0.25) is 4.21 Å². The number of nitrogens with zero attached hydrogens (tertiary/aromatic N) is 1. The Morgan fingerprint density at radius 2 is 1.60 bits per heavy atom. The monoisotopic (exact) mass is 369 g/mol. The molecule has 1 atom stereocenters. The second-order valence-corrected chi connectivity index (χ2v) is 8.53. The first-order valence-corrected chi connectivity index (χ1v) is 10.9. The Balaban J connectivity index is 1.81. The Morgan fingerprint density at radius 1 is 1.00 bits per heavy atom. The first kappa shape index (κ1) is 18.0. The van der Waals surface area contributed by atoms with Crippen molar-refractivity contribution < 1.29 is 4.21 Å². The topological polar surface area (TPSA) is 30.0 Å². The number of rotatable bonds is 8. The summed E-state index contributed by atoms with van der Waals surface area (Å²) in [6, 6.07) is 20.3. The van der Waals surface area contributed by atoms with Gasteiger partial charge in [-0.15, -0.1) is 11.3 Å². The quantitative estimate of drug-likeness (QED) is 0.523. The van der Waals surface area contributed by atoms with Crippen LogP contribution in [-0.4, -0.2) is 9.19 Å². The molecule has 0 aliphatic heterocycles. The van der Waals surface area contributed by atoms with Gasteiger partial charge in [-0.1, -0.05) is 74.0 Å². The van der Waals surface area contributed by atoms with Crippen LogP contribution in [0.25, 0.3) is 0 Å². The number of aryl methyl sites for hydroxylation is 1. The van der Waals surface area contributed by atoms with E-state index >= 15 is 0 Å². The summed E-state index contributed by atoms with van der Waals surface area (Å²) in [5.74, 6) is 0.497. The molecule has 4 heteroatoms. The zero-order valence-corrected chi connectivity index (χ0v) is 16.1. The van der Waals surface area contributed by atoms with E-state index in [-0.39, 0.29) is 5.25 Å². The zero-order valence-electron chi connectivity index (χ0n) is 14.4. The van der Waals surface area contributed by atoms with E-state index in [0.29, 0.717) is 5.75 Å². The smallest absolute Gasteiger partial charge is 0.0928 e. The van der Waals surface area contributed by atoms with Crippen molar-refractivity contribution in [3.63, 3.8) is 0 Å². The van der Waals surface area contributed by atoms with Gasteiger partial charge in [0, 0.05) is 16.2 Å². The Labute approximate surface area is 156 Å². The predicted octanol–water partition coefficient (Wildman–Crippen LogP) is 5.52. The highest BCUT2D eigenvalue weighted by atomic mass is 32.2. The lowest BCUT2D eigenvalue weighted by Gasteiger charge is -2.17. The van der Waals surface area contributed by atoms with Crippen LogP contribution >= 0.6 is 11.3 Å². The van der Waals surface area contributed by atoms with E-state index in [1.807, 2.05) is 36.4 Å². The number of unbranched alkanes of at least 4 members (excludes halogenated alkanes) is 1. The van der Waals surface area contributed by atoms with Crippen molar-refractivity contribution >= 4 is 22.1 Å². The summed E-state index contributed by atoms with van der Waals surface area (Å²) in [6.07, 6.45) is 3.35. The van der Waals surface area contributed by atoms with E-state index in [1.165, 1.54) is 6.42 Å². The van der Waals surface area contributed by atoms with Crippen LogP contribution in [0.4, 0.5) is 0 Å². The van der Waals surface area contributed by atoms with Crippen LogP contribution in [-0.2, 0) is 23.0 Å². The van der Waals surface area contributed by atoms with Gasteiger partial charge in [0.25, 0.3) is 0 Å². The number of benzene rings is 2. The lowest BCUT2D eigenvalue weighted by Crippen LogP contribution is -2.10. The van der Waals surface area contributed by atoms with Gasteiger partial charge in [-0.05, 0) is 24.0 Å². The van der Waals surface area contributed by atoms with Gasteiger partial charge in [-0.25, -0.2) is 4.98 Å². The number of hydrogen-bond acceptors (Lipinski definition) is 3. The molecule has 0 spiro atoms. The molecule has 0 radical (unpaired) electrons. The molecule has 3 rings (SSSR count). The number of thiazole rings is 1. The minimum Gasteiger partial charge on any atom is -0.258 e. The van der Waals surface area contributed by atoms with Crippen LogP contribution in [0.1, 0.15) is 46.8 Å². The highest BCUT2D eigenvalue weighted by molar-refractivity contribution is 7.84. The molecule has 130 valence electrons. The third kappa shape index (κ3) is 4.86. The molecule has 0 amide bonds. The van der Waals surface area contributed by atoms with Gasteiger partial charge >= 0.3 is 0 Å². The molecular weight excluding hydrogens is 346 g/mol. The van der Waals surface area contributed by atoms with Crippen LogP contribution in [0.5, 0.6) is 0 Å². The average Bonchev–Trinajstić information content (AvgIpc) is 3.09. The number of aromatic nitrogens is 1. The fourth-order valence-electron chi connectivity index (χ4n) is 2.84. The van der Waals surface area contributed by atoms with Crippen molar-refractivity contribution in [1.82, 2.24) is 4.98 Å². The summed E-state index contributed by atoms with van der Waals surface area (Å²) in [5, 5.41) is 3.10. The summed E-state index contributed by atoms with van der Waals surface area (Å²) >= 11 is 1.69. The molecule has 1 heterocycles. The molecule has 0 saturated carbocycles. The largest absolute Gasteiger partial charge is 0.258 e. The highest BCUT2D eigenvalue weighted by Crippen LogP contribution is 2.30. The fourth-order valence-corrected chi connectivity index (χ4v) is 5.31. The maximum absolute atomic E-state index is 13.2. The highest BCUT2D eigenvalue weighted by Gasteiger charge is 2.22. The molecule has 0 bridgehead atoms. The maximum Gasteiger partial charge on any atom is 0.0928 e. The minimum absolute atomic E-state index is 0.122. The van der Waals surface area contributed by atoms with Crippen LogP contribution in [0.15, 0.2) is 66.0 Å². The Morgan fingerprint density at radius 3 is 2.16 bits per heavy atom. The van der Waals surface area contributed by atoms with Crippen LogP contribution in [0, 0.1) is 0 Å². The van der Waals surface area contributed by atoms with Crippen molar-refractivity contribution in [2.24, 2.45) is 0 Å². The number of hydrogen-bond donors (Lipinski definition) is 0. The van der Waals surface area contributed by atoms with Gasteiger partial charge < -0.3 is 0 Å². The lowest BCUT2D eigenvalue weighted by molar-refractivity contribution is 0.677. The molecule has 1 unspecified atom stereocenters. The van der Waals surface area contributed by atoms with Gasteiger partial charge in [0.2, 0.25) is 0 Å². The lowest BCUT2D eigenvalue weighted by atomic mass is 10.0. The second-order valence-electron chi connectivity index (χ2n) is 6.06. The molecule has 0 saturated heterocycles. The second kappa shape index (κ2) is 9.07. The molecule has 0 aliphatic rings. The van der Waals surface area contributed by atoms with Gasteiger partial charge in [0.05, 0.1) is 21.7 Å². The summed E-state index contributed by atoms with van der Waals surface area (Å²) in [7, 11) is -1.06. The molecule has 25 heavy (non-hydrogen) atoms. The van der Waals surface area contributed by atoms with Crippen molar-refractivity contribution in [2.45, 2.75) is 37.2 Å². The molecule has 2 aromatic carbocycles. The summed E-state index contributed by atoms with van der Waals surface area (Å²) < 4.78 is 13.2. The molecule has 1 aromatic heterocycles. The van der Waals surface area contributed by atoms with E-state index in [4.69, 9.17) is 0 Å². The molecular formula is C21H23NOS2. The van der Waals surface area contributed by atoms with Crippen LogP contribution in [0.2, 0.25) is 0 Å². The van der Waals surface area contributed by atoms with E-state index in [2.05, 4.69) is 41.6 Å². The van der Waals surface area contributed by atoms with Crippen molar-refractivity contribution in [2.75, 3.05) is 0 Å². The van der Waals surface area contributed by atoms with E-state index in [9.17, 15) is 4.21 Å². The normalized spacial score (nSPS) is 12.4. The minimum atomic E-state index is -1.06. The third-order valence-corrected chi connectivity index (χ3v) is 6.71. The summed E-state index contributed by atoms with van der Waals surface area (Å²) in [4.78, 5) is 4.68. The Kier molecular flexibility index (Phi) is 6.54. The van der Waals surface area contributed by atoms with Crippen molar-refractivity contribution in [1.29, 1.82) is 0 Å². The van der Waals surface area contributed by atoms with Gasteiger partial charge in [-0.2, -0.15) is 0 Å². The fraction of sp³-hybridized carbons (Fsp3) is 0.286. The van der Waals surface area contributed by atoms with E-state index in [1.54, 1.807) is 11.3 Å². The molecule has 0 aliphatic carbocycles. The third-order valence-electron chi connectivity index (χ3n) is 4.10. The van der Waals surface area contributed by atoms with E-state index < -0.39 is 10.8 Å².